The van der Waals surface area contributed by atoms with E-state index in [0.29, 0.717) is 0 Å². The normalized spacial score (nSPS) is 22.2. The van der Waals surface area contributed by atoms with Crippen molar-refractivity contribution < 1.29 is 130 Å². The van der Waals surface area contributed by atoms with E-state index in [1.807, 2.05) is 0 Å². The number of hydrogen-bond donors (Lipinski definition) is 0. The Morgan fingerprint density at radius 1 is 0.531 bits per heavy atom. The molecule has 0 aliphatic carbocycles. The Morgan fingerprint density at radius 2 is 0.812 bits per heavy atom. The standard InChI is InChI=1S/C12H11F15O3S.K/c13-1(3(15)5(17)7(19)9(21)22)2(14)4(16)6(18)8(20)11(24,25)12(26,27)10(23)31(28,29)30;/h1-10H,(H,28,29,30);/q;+1/p-1. The van der Waals surface area contributed by atoms with Gasteiger partial charge in [0.15, 0.2) is 43.2 Å². The van der Waals surface area contributed by atoms with Crippen LogP contribution in [0.3, 0.4) is 0 Å². The Bertz CT molecular complexity index is 683. The SMILES string of the molecule is O=S(=O)([O-])C(F)C(F)(F)C(F)(F)C(F)C(F)C(F)C(F)C(F)C(F)C(F)C(F)C(F)F.[K+]. The molecule has 0 saturated carbocycles. The largest absolute Gasteiger partial charge is 1.00 e. The number of rotatable bonds is 12. The zero-order chi connectivity index (χ0) is 25.3. The van der Waals surface area contributed by atoms with Gasteiger partial charge in [0, 0.05) is 0 Å². The van der Waals surface area contributed by atoms with Crippen molar-refractivity contribution in [1.82, 2.24) is 0 Å². The minimum Gasteiger partial charge on any atom is -0.746 e. The van der Waals surface area contributed by atoms with Crippen LogP contribution in [-0.4, -0.2) is 86.1 Å². The first kappa shape index (κ1) is 34.7. The fraction of sp³-hybridized carbons (Fsp3) is 1.00. The Balaban J connectivity index is 0. The molecule has 0 heterocycles. The molecule has 188 valence electrons. The molecule has 0 radical (unpaired) electrons. The molecule has 0 N–H and O–H groups in total. The van der Waals surface area contributed by atoms with Crippen molar-refractivity contribution in [2.75, 3.05) is 0 Å². The molecule has 0 amide bonds. The van der Waals surface area contributed by atoms with Gasteiger partial charge in [0.05, 0.1) is 0 Å². The molecule has 32 heavy (non-hydrogen) atoms. The molecular weight excluding hydrogens is 548 g/mol. The van der Waals surface area contributed by atoms with Crippen molar-refractivity contribution in [2.45, 2.75) is 73.1 Å². The van der Waals surface area contributed by atoms with Crippen LogP contribution in [0.15, 0.2) is 0 Å². The molecule has 0 fully saturated rings. The molecule has 0 aromatic heterocycles. The van der Waals surface area contributed by atoms with Gasteiger partial charge in [-0.1, -0.05) is 0 Å². The van der Waals surface area contributed by atoms with E-state index in [0.717, 1.165) is 0 Å². The molecule has 0 bridgehead atoms. The maximum atomic E-state index is 13.4. The third-order valence-corrected chi connectivity index (χ3v) is 4.48. The second-order valence-electron chi connectivity index (χ2n) is 5.90. The van der Waals surface area contributed by atoms with Crippen LogP contribution in [0, 0.1) is 0 Å². The molecule has 3 nitrogen and oxygen atoms in total. The van der Waals surface area contributed by atoms with Gasteiger partial charge in [0.2, 0.25) is 6.17 Å². The molecule has 0 aliphatic rings. The van der Waals surface area contributed by atoms with Crippen molar-refractivity contribution >= 4 is 10.1 Å². The van der Waals surface area contributed by atoms with E-state index >= 15 is 0 Å². The smallest absolute Gasteiger partial charge is 0.746 e. The molecule has 9 atom stereocenters. The second-order valence-corrected chi connectivity index (χ2v) is 7.30. The van der Waals surface area contributed by atoms with E-state index in [2.05, 4.69) is 0 Å². The topological polar surface area (TPSA) is 57.2 Å². The molecule has 20 heteroatoms. The second kappa shape index (κ2) is 12.5. The summed E-state index contributed by atoms with van der Waals surface area (Å²) in [7, 11) is -6.94. The van der Waals surface area contributed by atoms with Crippen LogP contribution in [-0.2, 0) is 10.1 Å². The van der Waals surface area contributed by atoms with Crippen LogP contribution in [0.2, 0.25) is 0 Å². The first-order valence-electron chi connectivity index (χ1n) is 7.39. The average Bonchev–Trinajstić information content (AvgIpc) is 2.67. The van der Waals surface area contributed by atoms with Crippen molar-refractivity contribution in [2.24, 2.45) is 0 Å². The van der Waals surface area contributed by atoms with Gasteiger partial charge in [-0.05, 0) is 0 Å². The van der Waals surface area contributed by atoms with E-state index in [-0.39, 0.29) is 51.4 Å². The Hall–Kier alpha value is 0.496. The van der Waals surface area contributed by atoms with Gasteiger partial charge in [0.1, 0.15) is 10.1 Å². The molecule has 0 aliphatic heterocycles. The fourth-order valence-electron chi connectivity index (χ4n) is 1.89. The zero-order valence-corrected chi connectivity index (χ0v) is 19.0. The van der Waals surface area contributed by atoms with E-state index in [1.54, 1.807) is 0 Å². The van der Waals surface area contributed by atoms with Gasteiger partial charge in [-0.3, -0.25) is 0 Å². The van der Waals surface area contributed by atoms with Gasteiger partial charge >= 0.3 is 63.2 Å². The maximum absolute atomic E-state index is 13.4. The fourth-order valence-corrected chi connectivity index (χ4v) is 2.41. The predicted molar refractivity (Wildman–Crippen MR) is 69.7 cm³/mol. The van der Waals surface area contributed by atoms with Gasteiger partial charge in [-0.2, -0.15) is 17.6 Å². The van der Waals surface area contributed by atoms with Crippen molar-refractivity contribution in [3.63, 3.8) is 0 Å². The minimum absolute atomic E-state index is 0. The summed E-state index contributed by atoms with van der Waals surface area (Å²) in [5, 5.41) is 0. The van der Waals surface area contributed by atoms with Crippen molar-refractivity contribution in [3.8, 4) is 0 Å². The van der Waals surface area contributed by atoms with E-state index < -0.39 is 83.3 Å². The average molecular weight is 558 g/mol. The molecular formula is C12H10F15KO3S. The predicted octanol–water partition coefficient (Wildman–Crippen LogP) is 1.07. The monoisotopic (exact) mass is 558 g/mol. The van der Waals surface area contributed by atoms with E-state index in [1.165, 1.54) is 0 Å². The summed E-state index contributed by atoms with van der Waals surface area (Å²) in [6.07, 6.45) is -41.2. The third kappa shape index (κ3) is 7.50. The van der Waals surface area contributed by atoms with Crippen LogP contribution in [0.1, 0.15) is 0 Å². The van der Waals surface area contributed by atoms with Gasteiger partial charge < -0.3 is 4.55 Å². The summed E-state index contributed by atoms with van der Waals surface area (Å²) in [4.78, 5) is 0. The number of halogens is 15. The zero-order valence-electron chi connectivity index (χ0n) is 15.1. The molecule has 0 spiro atoms. The minimum atomic E-state index is -6.94. The van der Waals surface area contributed by atoms with E-state index in [4.69, 9.17) is 0 Å². The first-order chi connectivity index (χ1) is 13.6. The first-order valence-corrected chi connectivity index (χ1v) is 8.86. The summed E-state index contributed by atoms with van der Waals surface area (Å²) >= 11 is 0. The number of alkyl halides is 15. The van der Waals surface area contributed by atoms with Crippen LogP contribution < -0.4 is 51.4 Å². The Labute approximate surface area is 212 Å². The maximum Gasteiger partial charge on any atom is 1.00 e. The Kier molecular flexibility index (Phi) is 13.5. The third-order valence-electron chi connectivity index (χ3n) is 3.67. The summed E-state index contributed by atoms with van der Waals surface area (Å²) in [6.45, 7) is 0. The molecule has 0 saturated heterocycles. The van der Waals surface area contributed by atoms with Gasteiger partial charge in [0.25, 0.3) is 11.9 Å². The van der Waals surface area contributed by atoms with E-state index in [9.17, 15) is 78.8 Å². The Morgan fingerprint density at radius 3 is 1.09 bits per heavy atom. The van der Waals surface area contributed by atoms with Crippen molar-refractivity contribution in [1.29, 1.82) is 0 Å². The van der Waals surface area contributed by atoms with Crippen LogP contribution >= 0.6 is 0 Å². The molecule has 0 aromatic rings. The van der Waals surface area contributed by atoms with Gasteiger partial charge in [-0.15, -0.1) is 0 Å². The van der Waals surface area contributed by atoms with Crippen LogP contribution in [0.5, 0.6) is 0 Å². The van der Waals surface area contributed by atoms with Gasteiger partial charge in [-0.25, -0.2) is 56.7 Å². The van der Waals surface area contributed by atoms with Crippen LogP contribution in [0.4, 0.5) is 65.9 Å². The quantitative estimate of drug-likeness (QED) is 0.205. The summed E-state index contributed by atoms with van der Waals surface area (Å²) in [6, 6.07) is 0. The summed E-state index contributed by atoms with van der Waals surface area (Å²) in [5.41, 5.74) is -5.42. The summed E-state index contributed by atoms with van der Waals surface area (Å²) < 4.78 is 225. The van der Waals surface area contributed by atoms with Crippen molar-refractivity contribution in [3.05, 3.63) is 0 Å². The molecule has 9 unspecified atom stereocenters. The molecule has 0 rings (SSSR count). The van der Waals surface area contributed by atoms with Crippen LogP contribution in [0.25, 0.3) is 0 Å². The molecule has 0 aromatic carbocycles. The number of hydrogen-bond acceptors (Lipinski definition) is 3. The summed E-state index contributed by atoms with van der Waals surface area (Å²) in [5.74, 6) is -13.8.